The Morgan fingerprint density at radius 1 is 1.25 bits per heavy atom. The van der Waals surface area contributed by atoms with Gasteiger partial charge in [-0.15, -0.1) is 0 Å². The first kappa shape index (κ1) is 17.5. The second-order valence-corrected chi connectivity index (χ2v) is 5.52. The van der Waals surface area contributed by atoms with Crippen molar-refractivity contribution in [3.63, 3.8) is 0 Å². The van der Waals surface area contributed by atoms with Gasteiger partial charge in [0.2, 0.25) is 17.7 Å². The molecule has 0 unspecified atom stereocenters. The maximum absolute atomic E-state index is 11.9. The standard InChI is InChI=1S/C16H19N3O5/c20-13-7-6-11(18-13)15(22)17-9-14(21)19-12(16(23)24)8-10-4-2-1-3-5-10/h1-5,11-12H,6-9H2,(H,17,22)(H,18,20)(H,19,21)(H,23,24)/t11-,12-/m0/s1. The third kappa shape index (κ3) is 5.08. The number of carbonyl (C=O) groups excluding carboxylic acids is 3. The van der Waals surface area contributed by atoms with Crippen LogP contribution in [0, 0.1) is 0 Å². The smallest absolute Gasteiger partial charge is 0.326 e. The van der Waals surface area contributed by atoms with Gasteiger partial charge in [0.1, 0.15) is 12.1 Å². The van der Waals surface area contributed by atoms with Gasteiger partial charge in [-0.25, -0.2) is 4.79 Å². The Morgan fingerprint density at radius 3 is 2.54 bits per heavy atom. The van der Waals surface area contributed by atoms with Crippen molar-refractivity contribution in [3.05, 3.63) is 35.9 Å². The summed E-state index contributed by atoms with van der Waals surface area (Å²) < 4.78 is 0. The van der Waals surface area contributed by atoms with Crippen molar-refractivity contribution < 1.29 is 24.3 Å². The summed E-state index contributed by atoms with van der Waals surface area (Å²) in [6.45, 7) is -0.343. The normalized spacial score (nSPS) is 17.7. The van der Waals surface area contributed by atoms with Gasteiger partial charge in [0.15, 0.2) is 0 Å². The van der Waals surface area contributed by atoms with Crippen LogP contribution in [0.1, 0.15) is 18.4 Å². The van der Waals surface area contributed by atoms with Crippen LogP contribution in [0.15, 0.2) is 30.3 Å². The zero-order valence-corrected chi connectivity index (χ0v) is 13.0. The summed E-state index contributed by atoms with van der Waals surface area (Å²) in [7, 11) is 0. The number of hydrogen-bond donors (Lipinski definition) is 4. The van der Waals surface area contributed by atoms with Crippen molar-refractivity contribution in [1.82, 2.24) is 16.0 Å². The average molecular weight is 333 g/mol. The molecule has 0 saturated carbocycles. The van der Waals surface area contributed by atoms with Crippen LogP contribution < -0.4 is 16.0 Å². The molecule has 0 aliphatic carbocycles. The van der Waals surface area contributed by atoms with Crippen LogP contribution in [-0.2, 0) is 25.6 Å². The van der Waals surface area contributed by atoms with E-state index in [4.69, 9.17) is 0 Å². The number of rotatable bonds is 7. The minimum absolute atomic E-state index is 0.147. The lowest BCUT2D eigenvalue weighted by atomic mass is 10.1. The van der Waals surface area contributed by atoms with Crippen LogP contribution in [0.2, 0.25) is 0 Å². The van der Waals surface area contributed by atoms with Crippen LogP contribution in [0.5, 0.6) is 0 Å². The van der Waals surface area contributed by atoms with Gasteiger partial charge in [-0.1, -0.05) is 30.3 Å². The minimum Gasteiger partial charge on any atom is -0.480 e. The molecule has 4 N–H and O–H groups in total. The van der Waals surface area contributed by atoms with Gasteiger partial charge in [0, 0.05) is 12.8 Å². The van der Waals surface area contributed by atoms with Gasteiger partial charge in [-0.2, -0.15) is 0 Å². The van der Waals surface area contributed by atoms with E-state index in [2.05, 4.69) is 16.0 Å². The van der Waals surface area contributed by atoms with Crippen molar-refractivity contribution in [2.24, 2.45) is 0 Å². The van der Waals surface area contributed by atoms with Crippen LogP contribution in [0.3, 0.4) is 0 Å². The summed E-state index contributed by atoms with van der Waals surface area (Å²) in [5, 5.41) is 16.5. The van der Waals surface area contributed by atoms with E-state index < -0.39 is 29.9 Å². The highest BCUT2D eigenvalue weighted by Gasteiger charge is 2.27. The monoisotopic (exact) mass is 333 g/mol. The second kappa shape index (κ2) is 8.09. The van der Waals surface area contributed by atoms with Crippen LogP contribution in [0.4, 0.5) is 0 Å². The van der Waals surface area contributed by atoms with E-state index in [9.17, 15) is 24.3 Å². The first-order chi connectivity index (χ1) is 11.5. The van der Waals surface area contributed by atoms with Crippen molar-refractivity contribution in [3.8, 4) is 0 Å². The number of benzene rings is 1. The molecule has 1 aromatic rings. The molecular formula is C16H19N3O5. The molecule has 0 radical (unpaired) electrons. The minimum atomic E-state index is -1.15. The zero-order valence-electron chi connectivity index (χ0n) is 13.0. The molecule has 3 amide bonds. The quantitative estimate of drug-likeness (QED) is 0.520. The Labute approximate surface area is 138 Å². The fourth-order valence-electron chi connectivity index (χ4n) is 2.40. The number of carboxylic acids is 1. The Kier molecular flexibility index (Phi) is 5.89. The Morgan fingerprint density at radius 2 is 1.96 bits per heavy atom. The number of carbonyl (C=O) groups is 4. The third-order valence-corrected chi connectivity index (χ3v) is 3.65. The molecule has 128 valence electrons. The number of amides is 3. The summed E-state index contributed by atoms with van der Waals surface area (Å²) in [5.41, 5.74) is 0.780. The zero-order chi connectivity index (χ0) is 17.5. The predicted molar refractivity (Wildman–Crippen MR) is 83.9 cm³/mol. The third-order valence-electron chi connectivity index (χ3n) is 3.65. The molecule has 1 fully saturated rings. The molecule has 2 atom stereocenters. The topological polar surface area (TPSA) is 125 Å². The maximum atomic E-state index is 11.9. The summed E-state index contributed by atoms with van der Waals surface area (Å²) in [5.74, 6) is -2.41. The molecular weight excluding hydrogens is 314 g/mol. The van der Waals surface area contributed by atoms with E-state index in [1.54, 1.807) is 24.3 Å². The van der Waals surface area contributed by atoms with Gasteiger partial charge in [-0.05, 0) is 12.0 Å². The summed E-state index contributed by atoms with van der Waals surface area (Å²) >= 11 is 0. The molecule has 0 bridgehead atoms. The van der Waals surface area contributed by atoms with Crippen LogP contribution in [0.25, 0.3) is 0 Å². The van der Waals surface area contributed by atoms with Crippen LogP contribution >= 0.6 is 0 Å². The molecule has 0 spiro atoms. The SMILES string of the molecule is O=C(CNC(=O)[C@@H]1CCC(=O)N1)N[C@@H](Cc1ccccc1)C(=O)O. The van der Waals surface area contributed by atoms with E-state index in [-0.39, 0.29) is 25.3 Å². The predicted octanol–water partition coefficient (Wildman–Crippen LogP) is -0.807. The lowest BCUT2D eigenvalue weighted by molar-refractivity contribution is -0.141. The number of aliphatic carboxylic acids is 1. The van der Waals surface area contributed by atoms with Gasteiger partial charge in [0.25, 0.3) is 0 Å². The molecule has 8 heteroatoms. The molecule has 1 aliphatic rings. The largest absolute Gasteiger partial charge is 0.480 e. The Balaban J connectivity index is 1.81. The molecule has 1 aliphatic heterocycles. The molecule has 0 aromatic heterocycles. The van der Waals surface area contributed by atoms with Crippen molar-refractivity contribution in [2.75, 3.05) is 6.54 Å². The lowest BCUT2D eigenvalue weighted by Gasteiger charge is -2.16. The first-order valence-corrected chi connectivity index (χ1v) is 7.59. The molecule has 2 rings (SSSR count). The molecule has 8 nitrogen and oxygen atoms in total. The Hall–Kier alpha value is -2.90. The highest BCUT2D eigenvalue weighted by atomic mass is 16.4. The van der Waals surface area contributed by atoms with Gasteiger partial charge < -0.3 is 21.1 Å². The number of carboxylic acid groups (broad SMARTS) is 1. The molecule has 1 aromatic carbocycles. The highest BCUT2D eigenvalue weighted by molar-refractivity contribution is 5.93. The second-order valence-electron chi connectivity index (χ2n) is 5.52. The summed E-state index contributed by atoms with van der Waals surface area (Å²) in [6.07, 6.45) is 0.815. The van der Waals surface area contributed by atoms with E-state index in [0.717, 1.165) is 5.56 Å². The average Bonchev–Trinajstić information content (AvgIpc) is 2.99. The summed E-state index contributed by atoms with van der Waals surface area (Å²) in [4.78, 5) is 46.0. The van der Waals surface area contributed by atoms with E-state index in [1.807, 2.05) is 6.07 Å². The fraction of sp³-hybridized carbons (Fsp3) is 0.375. The highest BCUT2D eigenvalue weighted by Crippen LogP contribution is 2.06. The fourth-order valence-corrected chi connectivity index (χ4v) is 2.40. The number of nitrogens with one attached hydrogen (secondary N) is 3. The number of hydrogen-bond acceptors (Lipinski definition) is 4. The van der Waals surface area contributed by atoms with Crippen molar-refractivity contribution in [1.29, 1.82) is 0 Å². The first-order valence-electron chi connectivity index (χ1n) is 7.59. The van der Waals surface area contributed by atoms with Crippen LogP contribution in [-0.4, -0.2) is 47.4 Å². The molecule has 1 heterocycles. The Bertz CT molecular complexity index is 632. The summed E-state index contributed by atoms with van der Waals surface area (Å²) in [6, 6.07) is 7.21. The molecule has 1 saturated heterocycles. The van der Waals surface area contributed by atoms with E-state index >= 15 is 0 Å². The van der Waals surface area contributed by atoms with Crippen molar-refractivity contribution >= 4 is 23.7 Å². The van der Waals surface area contributed by atoms with E-state index in [1.165, 1.54) is 0 Å². The van der Waals surface area contributed by atoms with Gasteiger partial charge in [-0.3, -0.25) is 14.4 Å². The lowest BCUT2D eigenvalue weighted by Crippen LogP contribution is -2.49. The van der Waals surface area contributed by atoms with Crippen molar-refractivity contribution in [2.45, 2.75) is 31.3 Å². The molecule has 24 heavy (non-hydrogen) atoms. The maximum Gasteiger partial charge on any atom is 0.326 e. The van der Waals surface area contributed by atoms with Gasteiger partial charge >= 0.3 is 5.97 Å². The van der Waals surface area contributed by atoms with E-state index in [0.29, 0.717) is 6.42 Å². The van der Waals surface area contributed by atoms with Gasteiger partial charge in [0.05, 0.1) is 6.54 Å².